The Hall–Kier alpha value is -1.02. The van der Waals surface area contributed by atoms with Crippen LogP contribution in [-0.2, 0) is 6.42 Å². The second kappa shape index (κ2) is 4.67. The maximum Gasteiger partial charge on any atom is 0.0316 e. The molecule has 2 rings (SSSR count). The van der Waals surface area contributed by atoms with Gasteiger partial charge in [-0.1, -0.05) is 6.07 Å². The van der Waals surface area contributed by atoms with E-state index in [-0.39, 0.29) is 0 Å². The maximum absolute atomic E-state index is 5.74. The number of benzene rings is 1. The lowest BCUT2D eigenvalue weighted by molar-refractivity contribution is 0.343. The SMILES string of the molecule is Cc1cc(N)ccc1CCN1CCCC1. The molecule has 0 radical (unpaired) electrons. The molecule has 0 aromatic heterocycles. The van der Waals surface area contributed by atoms with Crippen LogP contribution in [0.15, 0.2) is 18.2 Å². The minimum atomic E-state index is 0.873. The molecule has 1 heterocycles. The number of nitrogens with zero attached hydrogens (tertiary/aromatic N) is 1. The predicted octanol–water partition coefficient (Wildman–Crippen LogP) is 2.22. The van der Waals surface area contributed by atoms with Crippen molar-refractivity contribution < 1.29 is 0 Å². The van der Waals surface area contributed by atoms with Crippen molar-refractivity contribution in [1.82, 2.24) is 4.90 Å². The summed E-state index contributed by atoms with van der Waals surface area (Å²) in [6.07, 6.45) is 3.91. The fourth-order valence-corrected chi connectivity index (χ4v) is 2.28. The van der Waals surface area contributed by atoms with Crippen molar-refractivity contribution in [3.63, 3.8) is 0 Å². The molecule has 1 aromatic rings. The molecule has 0 aliphatic carbocycles. The van der Waals surface area contributed by atoms with Gasteiger partial charge in [-0.3, -0.25) is 0 Å². The number of aryl methyl sites for hydroxylation is 1. The number of rotatable bonds is 3. The monoisotopic (exact) mass is 204 g/mol. The number of nitrogens with two attached hydrogens (primary N) is 1. The summed E-state index contributed by atoms with van der Waals surface area (Å²) in [5.74, 6) is 0. The Morgan fingerprint density at radius 2 is 2.00 bits per heavy atom. The fraction of sp³-hybridized carbons (Fsp3) is 0.538. The zero-order chi connectivity index (χ0) is 10.7. The quantitative estimate of drug-likeness (QED) is 0.765. The van der Waals surface area contributed by atoms with E-state index in [0.29, 0.717) is 0 Å². The molecule has 0 unspecified atom stereocenters. The lowest BCUT2D eigenvalue weighted by Gasteiger charge is -2.15. The molecule has 15 heavy (non-hydrogen) atoms. The summed E-state index contributed by atoms with van der Waals surface area (Å²) in [5.41, 5.74) is 9.38. The first-order chi connectivity index (χ1) is 7.25. The van der Waals surface area contributed by atoms with E-state index in [2.05, 4.69) is 24.0 Å². The largest absolute Gasteiger partial charge is 0.399 e. The van der Waals surface area contributed by atoms with Gasteiger partial charge in [-0.05, 0) is 62.5 Å². The van der Waals surface area contributed by atoms with Crippen LogP contribution in [0, 0.1) is 6.92 Å². The molecule has 1 aliphatic rings. The van der Waals surface area contributed by atoms with Crippen LogP contribution >= 0.6 is 0 Å². The zero-order valence-electron chi connectivity index (χ0n) is 9.50. The molecule has 0 amide bonds. The average molecular weight is 204 g/mol. The van der Waals surface area contributed by atoms with Crippen LogP contribution in [0.2, 0.25) is 0 Å². The summed E-state index contributed by atoms with van der Waals surface area (Å²) in [4.78, 5) is 2.55. The second-order valence-electron chi connectivity index (χ2n) is 4.48. The van der Waals surface area contributed by atoms with Crippen LogP contribution in [0.25, 0.3) is 0 Å². The molecule has 1 fully saturated rings. The van der Waals surface area contributed by atoms with Gasteiger partial charge in [0.1, 0.15) is 0 Å². The Morgan fingerprint density at radius 1 is 1.27 bits per heavy atom. The van der Waals surface area contributed by atoms with Crippen molar-refractivity contribution in [2.24, 2.45) is 0 Å². The summed E-state index contributed by atoms with van der Waals surface area (Å²) in [5, 5.41) is 0. The third-order valence-electron chi connectivity index (χ3n) is 3.26. The molecule has 2 heteroatoms. The third kappa shape index (κ3) is 2.72. The fourth-order valence-electron chi connectivity index (χ4n) is 2.28. The predicted molar refractivity (Wildman–Crippen MR) is 65.0 cm³/mol. The number of likely N-dealkylation sites (tertiary alicyclic amines) is 1. The van der Waals surface area contributed by atoms with E-state index < -0.39 is 0 Å². The average Bonchev–Trinajstić information content (AvgIpc) is 2.69. The molecule has 0 saturated carbocycles. The van der Waals surface area contributed by atoms with Crippen LogP contribution in [0.3, 0.4) is 0 Å². The van der Waals surface area contributed by atoms with E-state index in [1.165, 1.54) is 43.6 Å². The first-order valence-electron chi connectivity index (χ1n) is 5.83. The first kappa shape index (κ1) is 10.5. The highest BCUT2D eigenvalue weighted by Crippen LogP contribution is 2.15. The molecule has 1 aliphatic heterocycles. The maximum atomic E-state index is 5.74. The Kier molecular flexibility index (Phi) is 3.27. The van der Waals surface area contributed by atoms with E-state index in [1.54, 1.807) is 0 Å². The number of anilines is 1. The van der Waals surface area contributed by atoms with Gasteiger partial charge in [-0.25, -0.2) is 0 Å². The topological polar surface area (TPSA) is 29.3 Å². The molecule has 82 valence electrons. The molecule has 1 saturated heterocycles. The Labute approximate surface area is 92.1 Å². The minimum Gasteiger partial charge on any atom is -0.399 e. The number of hydrogen-bond donors (Lipinski definition) is 1. The van der Waals surface area contributed by atoms with Gasteiger partial charge in [-0.2, -0.15) is 0 Å². The zero-order valence-corrected chi connectivity index (χ0v) is 9.50. The van der Waals surface area contributed by atoms with Crippen molar-refractivity contribution in [3.05, 3.63) is 29.3 Å². The van der Waals surface area contributed by atoms with Crippen molar-refractivity contribution >= 4 is 5.69 Å². The van der Waals surface area contributed by atoms with Gasteiger partial charge < -0.3 is 10.6 Å². The molecular formula is C13H20N2. The Balaban J connectivity index is 1.92. The van der Waals surface area contributed by atoms with E-state index >= 15 is 0 Å². The smallest absolute Gasteiger partial charge is 0.0316 e. The molecule has 0 spiro atoms. The van der Waals surface area contributed by atoms with Gasteiger partial charge in [0.15, 0.2) is 0 Å². The van der Waals surface area contributed by atoms with Crippen molar-refractivity contribution in [2.45, 2.75) is 26.2 Å². The van der Waals surface area contributed by atoms with Gasteiger partial charge in [0, 0.05) is 12.2 Å². The van der Waals surface area contributed by atoms with E-state index in [0.717, 1.165) is 12.1 Å². The van der Waals surface area contributed by atoms with Crippen LogP contribution in [-0.4, -0.2) is 24.5 Å². The van der Waals surface area contributed by atoms with Crippen LogP contribution in [0.4, 0.5) is 5.69 Å². The second-order valence-corrected chi connectivity index (χ2v) is 4.48. The van der Waals surface area contributed by atoms with Gasteiger partial charge in [-0.15, -0.1) is 0 Å². The minimum absolute atomic E-state index is 0.873. The lowest BCUT2D eigenvalue weighted by Crippen LogP contribution is -2.22. The highest BCUT2D eigenvalue weighted by atomic mass is 15.1. The molecule has 0 bridgehead atoms. The highest BCUT2D eigenvalue weighted by Gasteiger charge is 2.11. The van der Waals surface area contributed by atoms with Crippen LogP contribution in [0.5, 0.6) is 0 Å². The summed E-state index contributed by atoms with van der Waals surface area (Å²) < 4.78 is 0. The summed E-state index contributed by atoms with van der Waals surface area (Å²) in [6, 6.07) is 6.24. The van der Waals surface area contributed by atoms with Crippen molar-refractivity contribution in [2.75, 3.05) is 25.4 Å². The molecule has 1 aromatic carbocycles. The van der Waals surface area contributed by atoms with E-state index in [9.17, 15) is 0 Å². The Morgan fingerprint density at radius 3 is 2.67 bits per heavy atom. The van der Waals surface area contributed by atoms with Gasteiger partial charge in [0.2, 0.25) is 0 Å². The first-order valence-corrected chi connectivity index (χ1v) is 5.83. The van der Waals surface area contributed by atoms with Crippen LogP contribution < -0.4 is 5.73 Å². The standard InChI is InChI=1S/C13H20N2/c1-11-10-13(14)5-4-12(11)6-9-15-7-2-3-8-15/h4-5,10H,2-3,6-9,14H2,1H3. The molecule has 2 N–H and O–H groups in total. The van der Waals surface area contributed by atoms with Gasteiger partial charge in [0.25, 0.3) is 0 Å². The van der Waals surface area contributed by atoms with Crippen LogP contribution in [0.1, 0.15) is 24.0 Å². The van der Waals surface area contributed by atoms with Crippen molar-refractivity contribution in [1.29, 1.82) is 0 Å². The normalized spacial score (nSPS) is 17.1. The Bertz CT molecular complexity index is 327. The van der Waals surface area contributed by atoms with Gasteiger partial charge >= 0.3 is 0 Å². The highest BCUT2D eigenvalue weighted by molar-refractivity contribution is 5.44. The van der Waals surface area contributed by atoms with E-state index in [1.807, 2.05) is 6.07 Å². The number of nitrogen functional groups attached to an aromatic ring is 1. The van der Waals surface area contributed by atoms with Crippen molar-refractivity contribution in [3.8, 4) is 0 Å². The molecular weight excluding hydrogens is 184 g/mol. The van der Waals surface area contributed by atoms with Gasteiger partial charge in [0.05, 0.1) is 0 Å². The molecule has 0 atom stereocenters. The van der Waals surface area contributed by atoms with E-state index in [4.69, 9.17) is 5.73 Å². The summed E-state index contributed by atoms with van der Waals surface area (Å²) in [7, 11) is 0. The summed E-state index contributed by atoms with van der Waals surface area (Å²) >= 11 is 0. The molecule has 2 nitrogen and oxygen atoms in total. The number of hydrogen-bond acceptors (Lipinski definition) is 2. The third-order valence-corrected chi connectivity index (χ3v) is 3.26. The lowest BCUT2D eigenvalue weighted by atomic mass is 10.0. The summed E-state index contributed by atoms with van der Waals surface area (Å²) in [6.45, 7) is 5.92.